The van der Waals surface area contributed by atoms with Crippen LogP contribution in [0.2, 0.25) is 0 Å². The Morgan fingerprint density at radius 3 is 2.62 bits per heavy atom. The predicted molar refractivity (Wildman–Crippen MR) is 97.2 cm³/mol. The molecule has 0 spiro atoms. The lowest BCUT2D eigenvalue weighted by Crippen LogP contribution is -2.51. The van der Waals surface area contributed by atoms with Crippen LogP contribution in [-0.4, -0.2) is 58.8 Å². The highest BCUT2D eigenvalue weighted by Gasteiger charge is 2.26. The minimum atomic E-state index is -0.0570. The van der Waals surface area contributed by atoms with Crippen LogP contribution in [0.1, 0.15) is 57.8 Å². The maximum Gasteiger partial charge on any atom is 0.317 e. The largest absolute Gasteiger partial charge is 0.331 e. The fourth-order valence-corrected chi connectivity index (χ4v) is 3.16. The molecule has 1 fully saturated rings. The molecule has 0 saturated carbocycles. The van der Waals surface area contributed by atoms with Gasteiger partial charge in [-0.05, 0) is 61.6 Å². The maximum absolute atomic E-state index is 12.6. The number of hydrogen-bond donors (Lipinski definition) is 1. The molecule has 2 rings (SSSR count). The average molecular weight is 335 g/mol. The number of aromatic nitrogens is 2. The number of urea groups is 1. The number of carbonyl (C=O) groups excluding carboxylic acids is 1. The second kappa shape index (κ2) is 7.13. The first kappa shape index (κ1) is 18.8. The molecule has 136 valence electrons. The van der Waals surface area contributed by atoms with E-state index in [-0.39, 0.29) is 17.6 Å². The van der Waals surface area contributed by atoms with Crippen LogP contribution < -0.4 is 5.32 Å². The number of nitrogens with zero attached hydrogens (tertiary/aromatic N) is 4. The Bertz CT molecular complexity index is 572. The van der Waals surface area contributed by atoms with E-state index in [9.17, 15) is 4.79 Å². The minimum Gasteiger partial charge on any atom is -0.331 e. The number of hydrogen-bond acceptors (Lipinski definition) is 3. The average Bonchev–Trinajstić information content (AvgIpc) is 2.89. The molecule has 1 aromatic heterocycles. The lowest BCUT2D eigenvalue weighted by Gasteiger charge is -2.36. The summed E-state index contributed by atoms with van der Waals surface area (Å²) < 4.78 is 1.98. The van der Waals surface area contributed by atoms with Gasteiger partial charge in [0.25, 0.3) is 0 Å². The van der Waals surface area contributed by atoms with Crippen molar-refractivity contribution in [3.63, 3.8) is 0 Å². The minimum absolute atomic E-state index is 0.0250. The fraction of sp³-hybridized carbons (Fsp3) is 0.778. The molecule has 0 aliphatic carbocycles. The summed E-state index contributed by atoms with van der Waals surface area (Å²) in [5.74, 6) is 0. The lowest BCUT2D eigenvalue weighted by atomic mass is 10.1. The highest BCUT2D eigenvalue weighted by Crippen LogP contribution is 2.22. The van der Waals surface area contributed by atoms with Gasteiger partial charge >= 0.3 is 6.03 Å². The van der Waals surface area contributed by atoms with Crippen LogP contribution in [0, 0.1) is 6.92 Å². The summed E-state index contributed by atoms with van der Waals surface area (Å²) in [7, 11) is 4.16. The Balaban J connectivity index is 2.02. The summed E-state index contributed by atoms with van der Waals surface area (Å²) in [5.41, 5.74) is 2.00. The summed E-state index contributed by atoms with van der Waals surface area (Å²) >= 11 is 0. The molecule has 0 bridgehead atoms. The Hall–Kier alpha value is -1.56. The summed E-state index contributed by atoms with van der Waals surface area (Å²) in [6.07, 6.45) is 4.27. The van der Waals surface area contributed by atoms with Crippen molar-refractivity contribution in [2.45, 2.75) is 65.1 Å². The van der Waals surface area contributed by atoms with Gasteiger partial charge in [0.05, 0.1) is 17.3 Å². The van der Waals surface area contributed by atoms with Crippen LogP contribution in [0.5, 0.6) is 0 Å². The van der Waals surface area contributed by atoms with Crippen LogP contribution >= 0.6 is 0 Å². The van der Waals surface area contributed by atoms with Gasteiger partial charge in [-0.1, -0.05) is 0 Å². The second-order valence-corrected chi connectivity index (χ2v) is 8.16. The Kier molecular flexibility index (Phi) is 5.58. The zero-order valence-corrected chi connectivity index (χ0v) is 16.3. The molecule has 2 atom stereocenters. The van der Waals surface area contributed by atoms with Gasteiger partial charge in [0.2, 0.25) is 0 Å². The third-order valence-electron chi connectivity index (χ3n) is 4.84. The Labute approximate surface area is 146 Å². The normalized spacial score (nSPS) is 20.3. The smallest absolute Gasteiger partial charge is 0.317 e. The Morgan fingerprint density at radius 1 is 1.42 bits per heavy atom. The number of carbonyl (C=O) groups is 1. The molecule has 1 aliphatic heterocycles. The lowest BCUT2D eigenvalue weighted by molar-refractivity contribution is 0.138. The Morgan fingerprint density at radius 2 is 2.08 bits per heavy atom. The van der Waals surface area contributed by atoms with Crippen LogP contribution in [0.15, 0.2) is 6.20 Å². The van der Waals surface area contributed by atoms with Gasteiger partial charge in [0.1, 0.15) is 0 Å². The number of likely N-dealkylation sites (tertiary alicyclic amines) is 1. The first-order valence-corrected chi connectivity index (χ1v) is 8.88. The summed E-state index contributed by atoms with van der Waals surface area (Å²) in [6.45, 7) is 12.0. The van der Waals surface area contributed by atoms with Gasteiger partial charge in [0, 0.05) is 30.9 Å². The molecule has 0 unspecified atom stereocenters. The first-order valence-electron chi connectivity index (χ1n) is 8.88. The molecular weight excluding hydrogens is 302 g/mol. The van der Waals surface area contributed by atoms with Crippen LogP contribution in [0.4, 0.5) is 4.79 Å². The number of rotatable bonds is 3. The summed E-state index contributed by atoms with van der Waals surface area (Å²) in [6, 6.07) is 0.426. The molecule has 1 saturated heterocycles. The summed E-state index contributed by atoms with van der Waals surface area (Å²) in [4.78, 5) is 16.8. The molecule has 6 heteroatoms. The highest BCUT2D eigenvalue weighted by atomic mass is 16.2. The van der Waals surface area contributed by atoms with E-state index in [1.807, 2.05) is 23.4 Å². The summed E-state index contributed by atoms with van der Waals surface area (Å²) in [5, 5.41) is 7.75. The van der Waals surface area contributed by atoms with Crippen molar-refractivity contribution in [3.8, 4) is 0 Å². The number of piperidine rings is 1. The molecule has 0 aromatic carbocycles. The van der Waals surface area contributed by atoms with E-state index in [1.165, 1.54) is 0 Å². The molecule has 2 amide bonds. The predicted octanol–water partition coefficient (Wildman–Crippen LogP) is 2.74. The third-order valence-corrected chi connectivity index (χ3v) is 4.84. The molecule has 1 N–H and O–H groups in total. The first-order chi connectivity index (χ1) is 11.1. The number of aryl methyl sites for hydroxylation is 1. The van der Waals surface area contributed by atoms with Gasteiger partial charge in [-0.25, -0.2) is 4.79 Å². The topological polar surface area (TPSA) is 53.4 Å². The number of nitrogens with one attached hydrogen (secondary N) is 1. The van der Waals surface area contributed by atoms with Crippen molar-refractivity contribution >= 4 is 6.03 Å². The van der Waals surface area contributed by atoms with Crippen molar-refractivity contribution in [1.29, 1.82) is 0 Å². The van der Waals surface area contributed by atoms with Crippen molar-refractivity contribution in [3.05, 3.63) is 17.5 Å². The third kappa shape index (κ3) is 4.29. The van der Waals surface area contributed by atoms with Gasteiger partial charge in [-0.3, -0.25) is 4.68 Å². The molecule has 1 aromatic rings. The maximum atomic E-state index is 12.6. The van der Waals surface area contributed by atoms with Gasteiger partial charge < -0.3 is 15.1 Å². The monoisotopic (exact) mass is 335 g/mol. The SMILES string of the molecule is Cc1nn(C(C)(C)C)cc1[C@H](C)NC(=O)N1CCC[C@H](N(C)C)C1. The van der Waals surface area contributed by atoms with E-state index in [1.54, 1.807) is 0 Å². The van der Waals surface area contributed by atoms with E-state index in [4.69, 9.17) is 0 Å². The van der Waals surface area contributed by atoms with E-state index < -0.39 is 0 Å². The quantitative estimate of drug-likeness (QED) is 0.924. The molecule has 1 aliphatic rings. The molecule has 24 heavy (non-hydrogen) atoms. The van der Waals surface area contributed by atoms with Crippen LogP contribution in [-0.2, 0) is 5.54 Å². The van der Waals surface area contributed by atoms with Crippen molar-refractivity contribution in [1.82, 2.24) is 24.9 Å². The molecule has 6 nitrogen and oxygen atoms in total. The fourth-order valence-electron chi connectivity index (χ4n) is 3.16. The zero-order valence-electron chi connectivity index (χ0n) is 16.3. The zero-order chi connectivity index (χ0) is 18.1. The van der Waals surface area contributed by atoms with Crippen molar-refractivity contribution in [2.24, 2.45) is 0 Å². The number of likely N-dealkylation sites (N-methyl/N-ethyl adjacent to an activating group) is 1. The highest BCUT2D eigenvalue weighted by molar-refractivity contribution is 5.74. The number of amides is 2. The van der Waals surface area contributed by atoms with Gasteiger partial charge in [0.15, 0.2) is 0 Å². The standard InChI is InChI=1S/C18H33N5O/c1-13(16-12-23(18(3,4)5)20-14(16)2)19-17(24)22-10-8-9-15(11-22)21(6)7/h12-13,15H,8-11H2,1-7H3,(H,19,24)/t13-,15-/m0/s1. The van der Waals surface area contributed by atoms with E-state index in [0.29, 0.717) is 6.04 Å². The van der Waals surface area contributed by atoms with Crippen molar-refractivity contribution in [2.75, 3.05) is 27.2 Å². The van der Waals surface area contributed by atoms with Gasteiger partial charge in [-0.15, -0.1) is 0 Å². The second-order valence-electron chi connectivity index (χ2n) is 8.16. The van der Waals surface area contributed by atoms with E-state index in [2.05, 4.69) is 56.4 Å². The van der Waals surface area contributed by atoms with Gasteiger partial charge in [-0.2, -0.15) is 5.10 Å². The van der Waals surface area contributed by atoms with Crippen LogP contribution in [0.3, 0.4) is 0 Å². The van der Waals surface area contributed by atoms with E-state index in [0.717, 1.165) is 37.2 Å². The molecule has 2 heterocycles. The molecule has 0 radical (unpaired) electrons. The van der Waals surface area contributed by atoms with Crippen LogP contribution in [0.25, 0.3) is 0 Å². The molecular formula is C18H33N5O. The van der Waals surface area contributed by atoms with Crippen molar-refractivity contribution < 1.29 is 4.79 Å². The van der Waals surface area contributed by atoms with E-state index >= 15 is 0 Å².